The van der Waals surface area contributed by atoms with Crippen molar-refractivity contribution >= 4 is 17.6 Å². The number of aliphatic imine (C=N–C) groups is 1. The zero-order valence-electron chi connectivity index (χ0n) is 13.8. The predicted molar refractivity (Wildman–Crippen MR) is 92.3 cm³/mol. The van der Waals surface area contributed by atoms with Crippen LogP contribution in [-0.2, 0) is 4.74 Å². The van der Waals surface area contributed by atoms with Crippen LogP contribution in [0.2, 0.25) is 5.02 Å². The molecule has 2 heterocycles. The van der Waals surface area contributed by atoms with Crippen LogP contribution in [0.25, 0.3) is 0 Å². The van der Waals surface area contributed by atoms with Gasteiger partial charge in [-0.2, -0.15) is 0 Å². The van der Waals surface area contributed by atoms with Gasteiger partial charge in [-0.1, -0.05) is 11.6 Å². The Morgan fingerprint density at radius 1 is 1.52 bits per heavy atom. The molecule has 0 radical (unpaired) electrons. The number of pyridine rings is 1. The number of aromatic nitrogens is 1. The maximum Gasteiger partial charge on any atom is 0.232 e. The van der Waals surface area contributed by atoms with Crippen LogP contribution in [0.4, 0.5) is 0 Å². The van der Waals surface area contributed by atoms with Gasteiger partial charge in [0.25, 0.3) is 0 Å². The molecule has 1 aliphatic heterocycles. The number of guanidine groups is 1. The van der Waals surface area contributed by atoms with Gasteiger partial charge < -0.3 is 20.1 Å². The van der Waals surface area contributed by atoms with E-state index in [1.54, 1.807) is 18.3 Å². The highest BCUT2D eigenvalue weighted by molar-refractivity contribution is 6.31. The Hall–Kier alpha value is -1.53. The summed E-state index contributed by atoms with van der Waals surface area (Å²) >= 11 is 6.00. The summed E-state index contributed by atoms with van der Waals surface area (Å²) in [7, 11) is 0. The molecule has 1 atom stereocenters. The minimum absolute atomic E-state index is 0.139. The molecule has 1 aliphatic rings. The van der Waals surface area contributed by atoms with Crippen molar-refractivity contribution in [3.8, 4) is 5.88 Å². The molecular weight excluding hydrogens is 316 g/mol. The third-order valence-corrected chi connectivity index (χ3v) is 3.86. The van der Waals surface area contributed by atoms with E-state index >= 15 is 0 Å². The smallest absolute Gasteiger partial charge is 0.232 e. The van der Waals surface area contributed by atoms with Gasteiger partial charge in [-0.3, -0.25) is 4.99 Å². The molecule has 1 aromatic heterocycles. The molecule has 1 fully saturated rings. The highest BCUT2D eigenvalue weighted by Gasteiger charge is 2.29. The van der Waals surface area contributed by atoms with E-state index in [9.17, 15) is 0 Å². The molecule has 6 nitrogen and oxygen atoms in total. The van der Waals surface area contributed by atoms with Gasteiger partial charge in [-0.15, -0.1) is 0 Å². The van der Waals surface area contributed by atoms with E-state index < -0.39 is 0 Å². The zero-order valence-corrected chi connectivity index (χ0v) is 14.5. The van der Waals surface area contributed by atoms with Crippen LogP contribution in [-0.4, -0.2) is 49.4 Å². The second kappa shape index (κ2) is 8.93. The summed E-state index contributed by atoms with van der Waals surface area (Å²) in [5, 5.41) is 6.97. The third-order valence-electron chi connectivity index (χ3n) is 3.57. The van der Waals surface area contributed by atoms with Crippen molar-refractivity contribution in [3.05, 3.63) is 23.4 Å². The van der Waals surface area contributed by atoms with Crippen LogP contribution in [0.5, 0.6) is 5.88 Å². The minimum atomic E-state index is -0.139. The van der Waals surface area contributed by atoms with Crippen LogP contribution in [0.3, 0.4) is 0 Å². The van der Waals surface area contributed by atoms with Crippen LogP contribution in [0.1, 0.15) is 26.7 Å². The first-order valence-corrected chi connectivity index (χ1v) is 8.40. The largest absolute Gasteiger partial charge is 0.475 e. The van der Waals surface area contributed by atoms with Crippen LogP contribution in [0, 0.1) is 0 Å². The average Bonchev–Trinajstić information content (AvgIpc) is 2.98. The average molecular weight is 341 g/mol. The summed E-state index contributed by atoms with van der Waals surface area (Å²) in [6, 6.07) is 3.53. The van der Waals surface area contributed by atoms with E-state index in [-0.39, 0.29) is 5.60 Å². The van der Waals surface area contributed by atoms with Crippen LogP contribution >= 0.6 is 11.6 Å². The molecule has 0 spiro atoms. The van der Waals surface area contributed by atoms with Crippen molar-refractivity contribution in [3.63, 3.8) is 0 Å². The van der Waals surface area contributed by atoms with E-state index in [1.165, 1.54) is 0 Å². The molecule has 0 aliphatic carbocycles. The molecule has 0 saturated carbocycles. The molecule has 0 amide bonds. The minimum Gasteiger partial charge on any atom is -0.475 e. The lowest BCUT2D eigenvalue weighted by Gasteiger charge is -2.21. The molecule has 1 aromatic rings. The highest BCUT2D eigenvalue weighted by Crippen LogP contribution is 2.25. The van der Waals surface area contributed by atoms with E-state index in [1.807, 2.05) is 6.92 Å². The first-order valence-electron chi connectivity index (χ1n) is 8.02. The van der Waals surface area contributed by atoms with E-state index in [0.29, 0.717) is 30.6 Å². The number of halogens is 1. The molecule has 23 heavy (non-hydrogen) atoms. The SMILES string of the molecule is CCNC(=NCC1(C)CCCO1)NCCOc1ncccc1Cl. The molecule has 0 aromatic carbocycles. The third kappa shape index (κ3) is 5.88. The lowest BCUT2D eigenvalue weighted by Crippen LogP contribution is -2.40. The van der Waals surface area contributed by atoms with Crippen molar-refractivity contribution < 1.29 is 9.47 Å². The summed E-state index contributed by atoms with van der Waals surface area (Å²) in [4.78, 5) is 8.69. The molecule has 0 bridgehead atoms. The van der Waals surface area contributed by atoms with E-state index in [4.69, 9.17) is 21.1 Å². The molecule has 7 heteroatoms. The number of ether oxygens (including phenoxy) is 2. The number of hydrogen-bond donors (Lipinski definition) is 2. The standard InChI is InChI=1S/C16H25ClN4O2/c1-3-18-15(21-12-16(2)7-5-10-23-16)20-9-11-22-14-13(17)6-4-8-19-14/h4,6,8H,3,5,7,9-12H2,1-2H3,(H2,18,20,21). The Balaban J connectivity index is 1.77. The number of nitrogens with one attached hydrogen (secondary N) is 2. The number of nitrogens with zero attached hydrogens (tertiary/aromatic N) is 2. The van der Waals surface area contributed by atoms with Crippen molar-refractivity contribution in [2.45, 2.75) is 32.3 Å². The lowest BCUT2D eigenvalue weighted by atomic mass is 10.0. The fourth-order valence-corrected chi connectivity index (χ4v) is 2.52. The van der Waals surface area contributed by atoms with Gasteiger partial charge in [0.15, 0.2) is 5.96 Å². The molecule has 1 saturated heterocycles. The van der Waals surface area contributed by atoms with Gasteiger partial charge in [-0.25, -0.2) is 4.98 Å². The predicted octanol–water partition coefficient (Wildman–Crippen LogP) is 2.24. The fraction of sp³-hybridized carbons (Fsp3) is 0.625. The summed E-state index contributed by atoms with van der Waals surface area (Å²) in [5.41, 5.74) is -0.139. The lowest BCUT2D eigenvalue weighted by molar-refractivity contribution is 0.0283. The quantitative estimate of drug-likeness (QED) is 0.452. The molecule has 2 N–H and O–H groups in total. The van der Waals surface area contributed by atoms with E-state index in [0.717, 1.165) is 32.0 Å². The molecule has 2 rings (SSSR count). The molecular formula is C16H25ClN4O2. The first kappa shape index (κ1) is 17.8. The summed E-state index contributed by atoms with van der Waals surface area (Å²) in [6.07, 6.45) is 3.81. The highest BCUT2D eigenvalue weighted by atomic mass is 35.5. The summed E-state index contributed by atoms with van der Waals surface area (Å²) in [6.45, 7) is 7.49. The van der Waals surface area contributed by atoms with E-state index in [2.05, 4.69) is 27.5 Å². The van der Waals surface area contributed by atoms with Gasteiger partial charge in [0.2, 0.25) is 5.88 Å². The Morgan fingerprint density at radius 3 is 3.09 bits per heavy atom. The van der Waals surface area contributed by atoms with Gasteiger partial charge in [-0.05, 0) is 38.8 Å². The van der Waals surface area contributed by atoms with Gasteiger partial charge in [0, 0.05) is 19.3 Å². The Labute approximate surface area is 142 Å². The topological polar surface area (TPSA) is 67.8 Å². The Kier molecular flexibility index (Phi) is 6.92. The monoisotopic (exact) mass is 340 g/mol. The maximum atomic E-state index is 6.00. The second-order valence-corrected chi connectivity index (χ2v) is 6.07. The number of rotatable bonds is 7. The fourth-order valence-electron chi connectivity index (χ4n) is 2.34. The van der Waals surface area contributed by atoms with Crippen molar-refractivity contribution in [1.82, 2.24) is 15.6 Å². The van der Waals surface area contributed by atoms with Crippen LogP contribution in [0.15, 0.2) is 23.3 Å². The van der Waals surface area contributed by atoms with Gasteiger partial charge >= 0.3 is 0 Å². The normalized spacial score (nSPS) is 21.3. The molecule has 1 unspecified atom stereocenters. The summed E-state index contributed by atoms with van der Waals surface area (Å²) in [5.74, 6) is 1.21. The first-order chi connectivity index (χ1) is 11.1. The maximum absolute atomic E-state index is 6.00. The second-order valence-electron chi connectivity index (χ2n) is 5.66. The van der Waals surface area contributed by atoms with Gasteiger partial charge in [0.1, 0.15) is 11.6 Å². The summed E-state index contributed by atoms with van der Waals surface area (Å²) < 4.78 is 11.3. The van der Waals surface area contributed by atoms with Crippen molar-refractivity contribution in [2.24, 2.45) is 4.99 Å². The van der Waals surface area contributed by atoms with Crippen LogP contribution < -0.4 is 15.4 Å². The molecule has 128 valence electrons. The number of hydrogen-bond acceptors (Lipinski definition) is 4. The van der Waals surface area contributed by atoms with Gasteiger partial charge in [0.05, 0.1) is 18.7 Å². The van der Waals surface area contributed by atoms with Crippen molar-refractivity contribution in [1.29, 1.82) is 0 Å². The Bertz CT molecular complexity index is 519. The Morgan fingerprint density at radius 2 is 2.39 bits per heavy atom. The van der Waals surface area contributed by atoms with Crippen molar-refractivity contribution in [2.75, 3.05) is 32.8 Å². The zero-order chi connectivity index (χ0) is 16.5.